The number of rotatable bonds is 5. The smallest absolute Gasteiger partial charge is 0.259 e. The second kappa shape index (κ2) is 8.87. The molecule has 1 heterocycles. The summed E-state index contributed by atoms with van der Waals surface area (Å²) in [7, 11) is 0. The molecule has 3 amide bonds. The number of hydrogen-bond donors (Lipinski definition) is 3. The highest BCUT2D eigenvalue weighted by Crippen LogP contribution is 2.21. The maximum Gasteiger partial charge on any atom is 0.259 e. The summed E-state index contributed by atoms with van der Waals surface area (Å²) in [4.78, 5) is 41.3. The standard InChI is InChI=1S/C22H22N4O3S/c1-22(2,3)20(29)24-15-10-8-14(9-11-15)18(27)25-17-7-5-4-6-16(17)19(28)26-21-23-12-13-30-21/h4-13H,1-3H3,(H,24,29)(H,25,27)(H,23,26,28). The quantitative estimate of drug-likeness (QED) is 0.558. The van der Waals surface area contributed by atoms with Gasteiger partial charge >= 0.3 is 0 Å². The topological polar surface area (TPSA) is 100 Å². The molecule has 0 saturated carbocycles. The highest BCUT2D eigenvalue weighted by atomic mass is 32.1. The number of amides is 3. The average molecular weight is 423 g/mol. The Balaban J connectivity index is 1.70. The zero-order valence-corrected chi connectivity index (χ0v) is 17.7. The van der Waals surface area contributed by atoms with Crippen molar-refractivity contribution in [2.24, 2.45) is 5.41 Å². The summed E-state index contributed by atoms with van der Waals surface area (Å²) < 4.78 is 0. The molecule has 0 aliphatic heterocycles. The molecule has 0 atom stereocenters. The maximum atomic E-state index is 12.7. The van der Waals surface area contributed by atoms with Crippen molar-refractivity contribution in [3.8, 4) is 0 Å². The van der Waals surface area contributed by atoms with Gasteiger partial charge in [-0.1, -0.05) is 32.9 Å². The third-order valence-electron chi connectivity index (χ3n) is 4.16. The van der Waals surface area contributed by atoms with Gasteiger partial charge in [-0.05, 0) is 36.4 Å². The van der Waals surface area contributed by atoms with Crippen LogP contribution in [0.5, 0.6) is 0 Å². The van der Waals surface area contributed by atoms with Crippen LogP contribution in [0.4, 0.5) is 16.5 Å². The van der Waals surface area contributed by atoms with Gasteiger partial charge in [0.05, 0.1) is 11.3 Å². The molecule has 1 aromatic heterocycles. The summed E-state index contributed by atoms with van der Waals surface area (Å²) in [5, 5.41) is 10.5. The number of para-hydroxylation sites is 1. The SMILES string of the molecule is CC(C)(C)C(=O)Nc1ccc(C(=O)Nc2ccccc2C(=O)Nc2nccs2)cc1. The lowest BCUT2D eigenvalue weighted by atomic mass is 9.95. The fourth-order valence-electron chi connectivity index (χ4n) is 2.46. The first-order valence-electron chi connectivity index (χ1n) is 9.27. The lowest BCUT2D eigenvalue weighted by Gasteiger charge is -2.17. The highest BCUT2D eigenvalue weighted by Gasteiger charge is 2.21. The lowest BCUT2D eigenvalue weighted by molar-refractivity contribution is -0.123. The minimum atomic E-state index is -0.515. The van der Waals surface area contributed by atoms with Gasteiger partial charge in [-0.15, -0.1) is 11.3 Å². The number of aromatic nitrogens is 1. The van der Waals surface area contributed by atoms with Crippen molar-refractivity contribution in [3.63, 3.8) is 0 Å². The predicted molar refractivity (Wildman–Crippen MR) is 119 cm³/mol. The largest absolute Gasteiger partial charge is 0.326 e. The van der Waals surface area contributed by atoms with Gasteiger partial charge in [0.25, 0.3) is 11.8 Å². The zero-order chi connectivity index (χ0) is 21.7. The van der Waals surface area contributed by atoms with Crippen LogP contribution in [0.15, 0.2) is 60.1 Å². The molecule has 0 unspecified atom stereocenters. The van der Waals surface area contributed by atoms with Crippen molar-refractivity contribution < 1.29 is 14.4 Å². The van der Waals surface area contributed by atoms with Gasteiger partial charge in [-0.3, -0.25) is 19.7 Å². The fraction of sp³-hybridized carbons (Fsp3) is 0.182. The number of thiazole rings is 1. The van der Waals surface area contributed by atoms with Crippen molar-refractivity contribution in [1.82, 2.24) is 4.98 Å². The number of hydrogen-bond acceptors (Lipinski definition) is 5. The molecule has 0 aliphatic carbocycles. The van der Waals surface area contributed by atoms with Gasteiger partial charge in [0, 0.05) is 28.2 Å². The number of anilines is 3. The van der Waals surface area contributed by atoms with Crippen LogP contribution in [0, 0.1) is 5.41 Å². The molecule has 8 heteroatoms. The molecule has 0 saturated heterocycles. The minimum Gasteiger partial charge on any atom is -0.326 e. The molecule has 0 bridgehead atoms. The molecule has 0 spiro atoms. The van der Waals surface area contributed by atoms with E-state index in [0.29, 0.717) is 27.6 Å². The Morgan fingerprint density at radius 3 is 2.20 bits per heavy atom. The Morgan fingerprint density at radius 2 is 1.57 bits per heavy atom. The predicted octanol–water partition coefficient (Wildman–Crippen LogP) is 4.63. The van der Waals surface area contributed by atoms with Crippen LogP contribution >= 0.6 is 11.3 Å². The first-order chi connectivity index (χ1) is 14.2. The van der Waals surface area contributed by atoms with E-state index in [0.717, 1.165) is 0 Å². The van der Waals surface area contributed by atoms with E-state index < -0.39 is 5.41 Å². The Kier molecular flexibility index (Phi) is 6.27. The van der Waals surface area contributed by atoms with E-state index in [-0.39, 0.29) is 17.7 Å². The summed E-state index contributed by atoms with van der Waals surface area (Å²) in [6, 6.07) is 13.3. The van der Waals surface area contributed by atoms with Gasteiger partial charge in [0.15, 0.2) is 5.13 Å². The maximum absolute atomic E-state index is 12.7. The summed E-state index contributed by atoms with van der Waals surface area (Å²) in [5.41, 5.74) is 1.21. The molecule has 30 heavy (non-hydrogen) atoms. The van der Waals surface area contributed by atoms with Crippen LogP contribution in [0.25, 0.3) is 0 Å². The lowest BCUT2D eigenvalue weighted by Crippen LogP contribution is -2.27. The van der Waals surface area contributed by atoms with Crippen LogP contribution in [0.1, 0.15) is 41.5 Å². The normalized spacial score (nSPS) is 10.9. The zero-order valence-electron chi connectivity index (χ0n) is 16.9. The van der Waals surface area contributed by atoms with E-state index >= 15 is 0 Å². The van der Waals surface area contributed by atoms with Crippen LogP contribution in [0.2, 0.25) is 0 Å². The molecule has 2 aromatic carbocycles. The number of carbonyl (C=O) groups excluding carboxylic acids is 3. The summed E-state index contributed by atoms with van der Waals surface area (Å²) >= 11 is 1.31. The second-order valence-electron chi connectivity index (χ2n) is 7.57. The summed E-state index contributed by atoms with van der Waals surface area (Å²) in [6.45, 7) is 5.48. The van der Waals surface area contributed by atoms with Gasteiger partial charge < -0.3 is 10.6 Å². The first-order valence-corrected chi connectivity index (χ1v) is 10.1. The van der Waals surface area contributed by atoms with Crippen molar-refractivity contribution >= 4 is 45.6 Å². The van der Waals surface area contributed by atoms with Crippen molar-refractivity contribution in [1.29, 1.82) is 0 Å². The molecule has 7 nitrogen and oxygen atoms in total. The Morgan fingerprint density at radius 1 is 0.867 bits per heavy atom. The number of nitrogens with zero attached hydrogens (tertiary/aromatic N) is 1. The first kappa shape index (κ1) is 21.2. The summed E-state index contributed by atoms with van der Waals surface area (Å²) in [5.74, 6) is -0.834. The van der Waals surface area contributed by atoms with E-state index in [4.69, 9.17) is 0 Å². The Labute approximate surface area is 178 Å². The van der Waals surface area contributed by atoms with E-state index in [2.05, 4.69) is 20.9 Å². The monoisotopic (exact) mass is 422 g/mol. The van der Waals surface area contributed by atoms with E-state index in [1.165, 1.54) is 11.3 Å². The average Bonchev–Trinajstić information content (AvgIpc) is 3.21. The number of carbonyl (C=O) groups is 3. The molecule has 0 radical (unpaired) electrons. The van der Waals surface area contributed by atoms with E-state index in [9.17, 15) is 14.4 Å². The van der Waals surface area contributed by atoms with E-state index in [1.807, 2.05) is 20.8 Å². The van der Waals surface area contributed by atoms with Crippen LogP contribution in [-0.4, -0.2) is 22.7 Å². The van der Waals surface area contributed by atoms with Crippen molar-refractivity contribution in [2.45, 2.75) is 20.8 Å². The number of nitrogens with one attached hydrogen (secondary N) is 3. The third kappa shape index (κ3) is 5.30. The molecule has 3 aromatic rings. The number of benzene rings is 2. The Bertz CT molecular complexity index is 1050. The van der Waals surface area contributed by atoms with Crippen LogP contribution < -0.4 is 16.0 Å². The van der Waals surface area contributed by atoms with Crippen LogP contribution in [-0.2, 0) is 4.79 Å². The summed E-state index contributed by atoms with van der Waals surface area (Å²) in [6.07, 6.45) is 1.60. The van der Waals surface area contributed by atoms with Gasteiger partial charge in [-0.2, -0.15) is 0 Å². The van der Waals surface area contributed by atoms with Gasteiger partial charge in [-0.25, -0.2) is 4.98 Å². The second-order valence-corrected chi connectivity index (χ2v) is 8.47. The molecule has 0 aliphatic rings. The highest BCUT2D eigenvalue weighted by molar-refractivity contribution is 7.13. The molecular formula is C22H22N4O3S. The van der Waals surface area contributed by atoms with E-state index in [1.54, 1.807) is 60.1 Å². The van der Waals surface area contributed by atoms with Crippen molar-refractivity contribution in [2.75, 3.05) is 16.0 Å². The molecule has 3 rings (SSSR count). The molecule has 154 valence electrons. The Hall–Kier alpha value is -3.52. The minimum absolute atomic E-state index is 0.111. The molecule has 3 N–H and O–H groups in total. The van der Waals surface area contributed by atoms with Gasteiger partial charge in [0.1, 0.15) is 0 Å². The van der Waals surface area contributed by atoms with Gasteiger partial charge in [0.2, 0.25) is 5.91 Å². The fourth-order valence-corrected chi connectivity index (χ4v) is 2.98. The molecular weight excluding hydrogens is 400 g/mol. The van der Waals surface area contributed by atoms with Crippen LogP contribution in [0.3, 0.4) is 0 Å². The third-order valence-corrected chi connectivity index (χ3v) is 4.85. The molecule has 0 fully saturated rings. The van der Waals surface area contributed by atoms with Crippen molar-refractivity contribution in [3.05, 3.63) is 71.2 Å².